The van der Waals surface area contributed by atoms with Crippen molar-refractivity contribution in [3.05, 3.63) is 29.3 Å². The number of hydrogen-bond donors (Lipinski definition) is 1. The smallest absolute Gasteiger partial charge is 0.223 e. The van der Waals surface area contributed by atoms with Gasteiger partial charge in [0.1, 0.15) is 0 Å². The summed E-state index contributed by atoms with van der Waals surface area (Å²) in [5, 5.41) is 2.97. The van der Waals surface area contributed by atoms with Gasteiger partial charge in [-0.15, -0.1) is 0 Å². The molecule has 0 atom stereocenters. The lowest BCUT2D eigenvalue weighted by molar-refractivity contribution is -0.125. The Labute approximate surface area is 133 Å². The quantitative estimate of drug-likeness (QED) is 0.875. The number of rotatable bonds is 6. The van der Waals surface area contributed by atoms with Gasteiger partial charge < -0.3 is 5.32 Å². The Morgan fingerprint density at radius 3 is 2.68 bits per heavy atom. The summed E-state index contributed by atoms with van der Waals surface area (Å²) in [6, 6.07) is 5.57. The number of hydrogen-bond acceptors (Lipinski definition) is 3. The van der Waals surface area contributed by atoms with Crippen molar-refractivity contribution in [2.45, 2.75) is 50.8 Å². The lowest BCUT2D eigenvalue weighted by atomic mass is 10.0. The Morgan fingerprint density at radius 2 is 2.00 bits per heavy atom. The number of amides is 1. The van der Waals surface area contributed by atoms with E-state index in [1.165, 1.54) is 0 Å². The molecule has 0 radical (unpaired) electrons. The first kappa shape index (κ1) is 17.0. The van der Waals surface area contributed by atoms with Gasteiger partial charge in [-0.2, -0.15) is 0 Å². The van der Waals surface area contributed by atoms with Crippen LogP contribution in [0.4, 0.5) is 0 Å². The summed E-state index contributed by atoms with van der Waals surface area (Å²) in [7, 11) is -3.08. The minimum atomic E-state index is -3.08. The highest BCUT2D eigenvalue weighted by molar-refractivity contribution is 7.91. The predicted octanol–water partition coefficient (Wildman–Crippen LogP) is 2.50. The van der Waals surface area contributed by atoms with Gasteiger partial charge in [-0.3, -0.25) is 4.79 Å². The van der Waals surface area contributed by atoms with Gasteiger partial charge in [0, 0.05) is 12.5 Å². The number of sulfone groups is 1. The summed E-state index contributed by atoms with van der Waals surface area (Å²) >= 11 is 0. The minimum Gasteiger partial charge on any atom is -0.356 e. The Bertz CT molecular complexity index is 633. The van der Waals surface area contributed by atoms with Crippen LogP contribution < -0.4 is 5.32 Å². The first-order valence-corrected chi connectivity index (χ1v) is 9.75. The van der Waals surface area contributed by atoms with Crippen LogP contribution in [0.3, 0.4) is 0 Å². The lowest BCUT2D eigenvalue weighted by Gasteiger charge is -2.17. The second kappa shape index (κ2) is 7.27. The summed E-state index contributed by atoms with van der Waals surface area (Å²) in [6.07, 6.45) is 3.98. The van der Waals surface area contributed by atoms with E-state index in [4.69, 9.17) is 0 Å². The Hall–Kier alpha value is -1.36. The summed E-state index contributed by atoms with van der Waals surface area (Å²) in [6.45, 7) is 4.65. The van der Waals surface area contributed by atoms with Crippen LogP contribution in [0.2, 0.25) is 0 Å². The van der Waals surface area contributed by atoms with Crippen molar-refractivity contribution in [1.29, 1.82) is 0 Å². The van der Waals surface area contributed by atoms with Gasteiger partial charge in [0.25, 0.3) is 0 Å². The molecule has 122 valence electrons. The molecule has 0 unspecified atom stereocenters. The number of benzene rings is 1. The monoisotopic (exact) mass is 323 g/mol. The van der Waals surface area contributed by atoms with Crippen LogP contribution in [0.5, 0.6) is 0 Å². The van der Waals surface area contributed by atoms with E-state index in [1.807, 2.05) is 26.0 Å². The number of aryl methyl sites for hydroxylation is 1. The third-order valence-corrected chi connectivity index (χ3v) is 6.28. The van der Waals surface area contributed by atoms with Gasteiger partial charge in [-0.1, -0.05) is 26.0 Å². The molecule has 1 heterocycles. The van der Waals surface area contributed by atoms with Crippen molar-refractivity contribution in [2.24, 2.45) is 5.92 Å². The Morgan fingerprint density at radius 1 is 1.27 bits per heavy atom. The number of nitrogens with one attached hydrogen (secondary N) is 1. The van der Waals surface area contributed by atoms with Crippen LogP contribution >= 0.6 is 0 Å². The van der Waals surface area contributed by atoms with Crippen molar-refractivity contribution >= 4 is 15.7 Å². The van der Waals surface area contributed by atoms with Crippen LogP contribution in [0.15, 0.2) is 23.1 Å². The van der Waals surface area contributed by atoms with E-state index < -0.39 is 9.84 Å². The molecule has 1 aromatic carbocycles. The average molecular weight is 323 g/mol. The van der Waals surface area contributed by atoms with E-state index in [1.54, 1.807) is 6.07 Å². The van der Waals surface area contributed by atoms with E-state index >= 15 is 0 Å². The molecule has 1 N–H and O–H groups in total. The van der Waals surface area contributed by atoms with Crippen LogP contribution in [0.25, 0.3) is 0 Å². The molecular formula is C17H25NO3S. The molecule has 0 spiro atoms. The molecular weight excluding hydrogens is 298 g/mol. The SMILES string of the molecule is CCC(CC)C(=O)NCCc1ccc2c(c1)CCCS2(=O)=O. The third kappa shape index (κ3) is 3.88. The molecule has 1 amide bonds. The molecule has 2 rings (SSSR count). The highest BCUT2D eigenvalue weighted by Gasteiger charge is 2.23. The molecule has 0 aliphatic carbocycles. The largest absolute Gasteiger partial charge is 0.356 e. The van der Waals surface area contributed by atoms with Crippen molar-refractivity contribution < 1.29 is 13.2 Å². The highest BCUT2D eigenvalue weighted by Crippen LogP contribution is 2.25. The van der Waals surface area contributed by atoms with E-state index in [0.29, 0.717) is 17.9 Å². The fourth-order valence-corrected chi connectivity index (χ4v) is 4.56. The maximum Gasteiger partial charge on any atom is 0.223 e. The van der Waals surface area contributed by atoms with Crippen molar-refractivity contribution in [3.8, 4) is 0 Å². The fourth-order valence-electron chi connectivity index (χ4n) is 2.98. The summed E-state index contributed by atoms with van der Waals surface area (Å²) < 4.78 is 23.9. The van der Waals surface area contributed by atoms with Crippen molar-refractivity contribution in [1.82, 2.24) is 5.32 Å². The van der Waals surface area contributed by atoms with Gasteiger partial charge >= 0.3 is 0 Å². The maximum absolute atomic E-state index is 12.0. The van der Waals surface area contributed by atoms with Crippen LogP contribution in [0, 0.1) is 5.92 Å². The van der Waals surface area contributed by atoms with Gasteiger partial charge in [-0.25, -0.2) is 8.42 Å². The van der Waals surface area contributed by atoms with Crippen molar-refractivity contribution in [2.75, 3.05) is 12.3 Å². The van der Waals surface area contributed by atoms with E-state index in [0.717, 1.165) is 36.8 Å². The number of fused-ring (bicyclic) bond motifs is 1. The second-order valence-corrected chi connectivity index (χ2v) is 8.00. The number of carbonyl (C=O) groups excluding carboxylic acids is 1. The van der Waals surface area contributed by atoms with E-state index in [9.17, 15) is 13.2 Å². The third-order valence-electron chi connectivity index (χ3n) is 4.39. The first-order chi connectivity index (χ1) is 10.5. The molecule has 0 bridgehead atoms. The van der Waals surface area contributed by atoms with Gasteiger partial charge in [0.2, 0.25) is 5.91 Å². The lowest BCUT2D eigenvalue weighted by Crippen LogP contribution is -2.31. The first-order valence-electron chi connectivity index (χ1n) is 8.10. The fraction of sp³-hybridized carbons (Fsp3) is 0.588. The standard InChI is InChI=1S/C17H25NO3S/c1-3-14(4-2)17(19)18-10-9-13-7-8-16-15(12-13)6-5-11-22(16,20)21/h7-8,12,14H,3-6,9-11H2,1-2H3,(H,18,19). The normalized spacial score (nSPS) is 16.3. The van der Waals surface area contributed by atoms with Gasteiger partial charge in [0.15, 0.2) is 9.84 Å². The molecule has 1 aromatic rings. The molecule has 0 saturated carbocycles. The van der Waals surface area contributed by atoms with Gasteiger partial charge in [-0.05, 0) is 49.3 Å². The predicted molar refractivity (Wildman–Crippen MR) is 87.6 cm³/mol. The zero-order chi connectivity index (χ0) is 16.2. The van der Waals surface area contributed by atoms with E-state index in [2.05, 4.69) is 5.32 Å². The molecule has 1 aliphatic rings. The van der Waals surface area contributed by atoms with Crippen LogP contribution in [0.1, 0.15) is 44.2 Å². The summed E-state index contributed by atoms with van der Waals surface area (Å²) in [5.74, 6) is 0.462. The second-order valence-electron chi connectivity index (χ2n) is 5.92. The summed E-state index contributed by atoms with van der Waals surface area (Å²) in [4.78, 5) is 12.4. The van der Waals surface area contributed by atoms with E-state index in [-0.39, 0.29) is 17.6 Å². The molecule has 0 aromatic heterocycles. The molecule has 1 aliphatic heterocycles. The van der Waals surface area contributed by atoms with Crippen LogP contribution in [-0.4, -0.2) is 26.6 Å². The zero-order valence-electron chi connectivity index (χ0n) is 13.4. The number of carbonyl (C=O) groups is 1. The molecule has 4 nitrogen and oxygen atoms in total. The minimum absolute atomic E-state index is 0.0914. The topological polar surface area (TPSA) is 63.2 Å². The van der Waals surface area contributed by atoms with Crippen LogP contribution in [-0.2, 0) is 27.5 Å². The van der Waals surface area contributed by atoms with Crippen molar-refractivity contribution in [3.63, 3.8) is 0 Å². The molecule has 0 saturated heterocycles. The Balaban J connectivity index is 1.96. The van der Waals surface area contributed by atoms with Gasteiger partial charge in [0.05, 0.1) is 10.6 Å². The highest BCUT2D eigenvalue weighted by atomic mass is 32.2. The molecule has 0 fully saturated rings. The summed E-state index contributed by atoms with van der Waals surface area (Å²) in [5.41, 5.74) is 2.01. The average Bonchev–Trinajstić information content (AvgIpc) is 2.48. The Kier molecular flexibility index (Phi) is 5.62. The molecule has 5 heteroatoms. The molecule has 22 heavy (non-hydrogen) atoms. The zero-order valence-corrected chi connectivity index (χ0v) is 14.2. The maximum atomic E-state index is 12.0.